The number of thiophene rings is 1. The molecule has 20 heavy (non-hydrogen) atoms. The van der Waals surface area contributed by atoms with E-state index in [-0.39, 0.29) is 12.0 Å². The molecule has 0 saturated heterocycles. The molecular weight excluding hydrogens is 286 g/mol. The van der Waals surface area contributed by atoms with Crippen LogP contribution in [0.2, 0.25) is 0 Å². The van der Waals surface area contributed by atoms with Crippen molar-refractivity contribution in [2.24, 2.45) is 0 Å². The number of aromatic nitrogens is 1. The Morgan fingerprint density at radius 1 is 1.30 bits per heavy atom. The van der Waals surface area contributed by atoms with Crippen molar-refractivity contribution in [3.8, 4) is 0 Å². The molecule has 2 aromatic rings. The molecule has 2 atom stereocenters. The zero-order valence-corrected chi connectivity index (χ0v) is 12.8. The lowest BCUT2D eigenvalue weighted by molar-refractivity contribution is 0.147. The van der Waals surface area contributed by atoms with Gasteiger partial charge in [0.25, 0.3) is 0 Å². The van der Waals surface area contributed by atoms with Gasteiger partial charge in [0, 0.05) is 33.3 Å². The van der Waals surface area contributed by atoms with Crippen LogP contribution < -0.4 is 0 Å². The monoisotopic (exact) mass is 303 g/mol. The lowest BCUT2D eigenvalue weighted by Crippen LogP contribution is -2.08. The molecule has 0 spiro atoms. The van der Waals surface area contributed by atoms with Crippen LogP contribution in [0, 0.1) is 0 Å². The summed E-state index contributed by atoms with van der Waals surface area (Å²) in [5, 5.41) is 10.8. The van der Waals surface area contributed by atoms with E-state index in [1.165, 1.54) is 21.8 Å². The molecule has 1 aliphatic carbocycles. The van der Waals surface area contributed by atoms with E-state index in [9.17, 15) is 5.11 Å². The van der Waals surface area contributed by atoms with Gasteiger partial charge in [-0.25, -0.2) is 0 Å². The largest absolute Gasteiger partial charge is 0.387 e. The average Bonchev–Trinajstić information content (AvgIpc) is 3.10. The summed E-state index contributed by atoms with van der Waals surface area (Å²) in [5.41, 5.74) is 3.87. The van der Waals surface area contributed by atoms with Gasteiger partial charge in [-0.3, -0.25) is 4.98 Å². The van der Waals surface area contributed by atoms with Crippen molar-refractivity contribution in [3.05, 3.63) is 51.0 Å². The van der Waals surface area contributed by atoms with E-state index in [1.807, 2.05) is 35.4 Å². The fourth-order valence-electron chi connectivity index (χ4n) is 3.27. The highest BCUT2D eigenvalue weighted by Gasteiger charge is 2.32. The maximum atomic E-state index is 10.8. The van der Waals surface area contributed by atoms with Crippen LogP contribution in [0.3, 0.4) is 0 Å². The van der Waals surface area contributed by atoms with Crippen molar-refractivity contribution < 1.29 is 5.11 Å². The maximum absolute atomic E-state index is 10.8. The molecule has 0 amide bonds. The van der Waals surface area contributed by atoms with E-state index < -0.39 is 0 Å². The SMILES string of the molecule is OC(c1cc2c(s1)CCSC2)C1CCc2cccnc21. The molecule has 0 radical (unpaired) electrons. The van der Waals surface area contributed by atoms with E-state index in [0.29, 0.717) is 0 Å². The number of pyridine rings is 1. The fraction of sp³-hybridized carbons (Fsp3) is 0.438. The van der Waals surface area contributed by atoms with Gasteiger partial charge >= 0.3 is 0 Å². The van der Waals surface area contributed by atoms with Gasteiger partial charge in [-0.05, 0) is 48.3 Å². The van der Waals surface area contributed by atoms with Crippen LogP contribution >= 0.6 is 23.1 Å². The number of rotatable bonds is 2. The second-order valence-electron chi connectivity index (χ2n) is 5.54. The maximum Gasteiger partial charge on any atom is 0.0965 e. The molecule has 3 heterocycles. The average molecular weight is 303 g/mol. The molecule has 2 unspecified atom stereocenters. The van der Waals surface area contributed by atoms with Gasteiger partial charge in [-0.2, -0.15) is 11.8 Å². The zero-order valence-electron chi connectivity index (χ0n) is 11.2. The summed E-state index contributed by atoms with van der Waals surface area (Å²) < 4.78 is 0. The number of hydrogen-bond acceptors (Lipinski definition) is 4. The predicted octanol–water partition coefficient (Wildman–Crippen LogP) is 3.70. The number of thioether (sulfide) groups is 1. The Hall–Kier alpha value is -0.840. The third-order valence-corrected chi connectivity index (χ3v) is 6.64. The Morgan fingerprint density at radius 3 is 3.15 bits per heavy atom. The van der Waals surface area contributed by atoms with Crippen LogP contribution in [-0.2, 0) is 18.6 Å². The topological polar surface area (TPSA) is 33.1 Å². The molecule has 0 bridgehead atoms. The molecular formula is C16H17NOS2. The van der Waals surface area contributed by atoms with Crippen LogP contribution in [0.4, 0.5) is 0 Å². The normalized spacial score (nSPS) is 22.4. The van der Waals surface area contributed by atoms with Crippen LogP contribution in [0.15, 0.2) is 24.4 Å². The predicted molar refractivity (Wildman–Crippen MR) is 84.4 cm³/mol. The number of aryl methyl sites for hydroxylation is 2. The molecule has 1 aliphatic heterocycles. The highest BCUT2D eigenvalue weighted by Crippen LogP contribution is 2.44. The summed E-state index contributed by atoms with van der Waals surface area (Å²) in [7, 11) is 0. The summed E-state index contributed by atoms with van der Waals surface area (Å²) in [6.07, 6.45) is 4.69. The highest BCUT2D eigenvalue weighted by atomic mass is 32.2. The minimum Gasteiger partial charge on any atom is -0.387 e. The number of aliphatic hydroxyl groups excluding tert-OH is 1. The molecule has 0 aromatic carbocycles. The second-order valence-corrected chi connectivity index (χ2v) is 7.81. The van der Waals surface area contributed by atoms with Crippen molar-refractivity contribution in [3.63, 3.8) is 0 Å². The second kappa shape index (κ2) is 5.17. The first-order chi connectivity index (χ1) is 9.83. The number of hydrogen-bond donors (Lipinski definition) is 1. The quantitative estimate of drug-likeness (QED) is 0.918. The van der Waals surface area contributed by atoms with Gasteiger partial charge in [0.2, 0.25) is 0 Å². The third kappa shape index (κ3) is 2.10. The smallest absolute Gasteiger partial charge is 0.0965 e. The van der Waals surface area contributed by atoms with Crippen LogP contribution in [0.1, 0.15) is 45.0 Å². The van der Waals surface area contributed by atoms with Crippen LogP contribution in [0.5, 0.6) is 0 Å². The standard InChI is InChI=1S/C16H17NOS2/c18-16(12-4-3-10-2-1-6-17-15(10)12)14-8-11-9-19-7-5-13(11)20-14/h1-2,6,8,12,16,18H,3-5,7,9H2. The van der Waals surface area contributed by atoms with Gasteiger partial charge in [-0.1, -0.05) is 6.07 Å². The van der Waals surface area contributed by atoms with Gasteiger partial charge in [-0.15, -0.1) is 11.3 Å². The number of aliphatic hydroxyl groups is 1. The summed E-state index contributed by atoms with van der Waals surface area (Å²) in [4.78, 5) is 7.13. The summed E-state index contributed by atoms with van der Waals surface area (Å²) in [6.45, 7) is 0. The Labute approximate surface area is 127 Å². The highest BCUT2D eigenvalue weighted by molar-refractivity contribution is 7.98. The Kier molecular flexibility index (Phi) is 3.33. The van der Waals surface area contributed by atoms with Gasteiger partial charge in [0.15, 0.2) is 0 Å². The van der Waals surface area contributed by atoms with Gasteiger partial charge in [0.1, 0.15) is 0 Å². The van der Waals surface area contributed by atoms with Crippen molar-refractivity contribution >= 4 is 23.1 Å². The van der Waals surface area contributed by atoms with E-state index >= 15 is 0 Å². The van der Waals surface area contributed by atoms with Crippen LogP contribution in [0.25, 0.3) is 0 Å². The first kappa shape index (κ1) is 12.9. The van der Waals surface area contributed by atoms with E-state index in [0.717, 1.165) is 35.6 Å². The van der Waals surface area contributed by atoms with E-state index in [2.05, 4.69) is 17.1 Å². The van der Waals surface area contributed by atoms with Gasteiger partial charge in [0.05, 0.1) is 6.10 Å². The molecule has 2 aromatic heterocycles. The van der Waals surface area contributed by atoms with Crippen molar-refractivity contribution in [1.82, 2.24) is 4.98 Å². The Balaban J connectivity index is 1.65. The number of nitrogens with zero attached hydrogens (tertiary/aromatic N) is 1. The van der Waals surface area contributed by atoms with Crippen molar-refractivity contribution in [2.45, 2.75) is 37.0 Å². The van der Waals surface area contributed by atoms with E-state index in [4.69, 9.17) is 0 Å². The zero-order chi connectivity index (χ0) is 13.5. The number of fused-ring (bicyclic) bond motifs is 2. The molecule has 2 nitrogen and oxygen atoms in total. The van der Waals surface area contributed by atoms with Crippen molar-refractivity contribution in [2.75, 3.05) is 5.75 Å². The molecule has 0 saturated carbocycles. The third-order valence-electron chi connectivity index (χ3n) is 4.32. The Bertz CT molecular complexity index is 614. The fourth-order valence-corrected chi connectivity index (χ4v) is 5.69. The summed E-state index contributed by atoms with van der Waals surface area (Å²) in [6, 6.07) is 6.37. The van der Waals surface area contributed by atoms with Crippen molar-refractivity contribution in [1.29, 1.82) is 0 Å². The Morgan fingerprint density at radius 2 is 2.25 bits per heavy atom. The molecule has 0 fully saturated rings. The summed E-state index contributed by atoms with van der Waals surface area (Å²) >= 11 is 3.81. The first-order valence-electron chi connectivity index (χ1n) is 7.14. The lowest BCUT2D eigenvalue weighted by atomic mass is 9.98. The molecule has 104 valence electrons. The molecule has 4 rings (SSSR count). The summed E-state index contributed by atoms with van der Waals surface area (Å²) in [5.74, 6) is 2.51. The van der Waals surface area contributed by atoms with E-state index in [1.54, 1.807) is 0 Å². The minimum atomic E-state index is -0.383. The molecule has 2 aliphatic rings. The van der Waals surface area contributed by atoms with Crippen LogP contribution in [-0.4, -0.2) is 15.8 Å². The minimum absolute atomic E-state index is 0.180. The molecule has 1 N–H and O–H groups in total. The van der Waals surface area contributed by atoms with Gasteiger partial charge < -0.3 is 5.11 Å². The molecule has 4 heteroatoms. The first-order valence-corrected chi connectivity index (χ1v) is 9.11. The lowest BCUT2D eigenvalue weighted by Gasteiger charge is -2.16.